The lowest BCUT2D eigenvalue weighted by atomic mass is 10.2. The van der Waals surface area contributed by atoms with Crippen LogP contribution >= 0.6 is 10.7 Å². The van der Waals surface area contributed by atoms with Crippen molar-refractivity contribution >= 4 is 31.4 Å². The second kappa shape index (κ2) is 6.21. The minimum Gasteiger partial charge on any atom is -0.456 e. The number of anilines is 1. The van der Waals surface area contributed by atoms with Crippen molar-refractivity contribution in [2.45, 2.75) is 17.4 Å². The Morgan fingerprint density at radius 1 is 1.43 bits per heavy atom. The van der Waals surface area contributed by atoms with Gasteiger partial charge in [-0.2, -0.15) is 0 Å². The molecule has 1 atom stereocenters. The van der Waals surface area contributed by atoms with Gasteiger partial charge in [-0.15, -0.1) is 0 Å². The molecule has 0 amide bonds. The number of hydrogen-bond donors (Lipinski definition) is 0. The Labute approximate surface area is 128 Å². The van der Waals surface area contributed by atoms with E-state index in [1.807, 2.05) is 0 Å². The molecule has 1 aliphatic heterocycles. The van der Waals surface area contributed by atoms with Gasteiger partial charge < -0.3 is 14.4 Å². The minimum atomic E-state index is -3.96. The van der Waals surface area contributed by atoms with Crippen LogP contribution in [-0.4, -0.2) is 47.8 Å². The molecule has 2 rings (SSSR count). The predicted octanol–water partition coefficient (Wildman–Crippen LogP) is 1.63. The van der Waals surface area contributed by atoms with Crippen LogP contribution in [0.5, 0.6) is 0 Å². The number of benzene rings is 1. The standard InChI is InChI=1S/C13H16ClNO5S/c1-15(2)11-4-3-9(7-12(11)21(14,17)18)13(16)20-10-5-6-19-8-10/h3-4,7,10H,5-6,8H2,1-2H3. The van der Waals surface area contributed by atoms with E-state index in [2.05, 4.69) is 0 Å². The highest BCUT2D eigenvalue weighted by molar-refractivity contribution is 8.13. The van der Waals surface area contributed by atoms with Crippen molar-refractivity contribution in [1.82, 2.24) is 0 Å². The molecule has 1 heterocycles. The Bertz CT molecular complexity index is 638. The Morgan fingerprint density at radius 3 is 2.67 bits per heavy atom. The van der Waals surface area contributed by atoms with Gasteiger partial charge in [-0.1, -0.05) is 0 Å². The normalized spacial score (nSPS) is 18.5. The van der Waals surface area contributed by atoms with Gasteiger partial charge in [-0.05, 0) is 18.2 Å². The first kappa shape index (κ1) is 16.1. The van der Waals surface area contributed by atoms with E-state index >= 15 is 0 Å². The largest absolute Gasteiger partial charge is 0.456 e. The third-order valence-corrected chi connectivity index (χ3v) is 4.45. The molecule has 8 heteroatoms. The van der Waals surface area contributed by atoms with Crippen LogP contribution in [-0.2, 0) is 18.5 Å². The minimum absolute atomic E-state index is 0.119. The molecule has 1 aromatic rings. The molecule has 1 saturated heterocycles. The maximum Gasteiger partial charge on any atom is 0.338 e. The molecule has 21 heavy (non-hydrogen) atoms. The molecule has 0 bridgehead atoms. The Morgan fingerprint density at radius 2 is 2.14 bits per heavy atom. The number of carbonyl (C=O) groups is 1. The van der Waals surface area contributed by atoms with Crippen LogP contribution in [0.3, 0.4) is 0 Å². The number of nitrogens with zero attached hydrogens (tertiary/aromatic N) is 1. The summed E-state index contributed by atoms with van der Waals surface area (Å²) in [7, 11) is 4.84. The summed E-state index contributed by atoms with van der Waals surface area (Å²) in [6, 6.07) is 4.27. The summed E-state index contributed by atoms with van der Waals surface area (Å²) in [4.78, 5) is 13.5. The molecule has 0 aromatic heterocycles. The molecule has 1 fully saturated rings. The highest BCUT2D eigenvalue weighted by Crippen LogP contribution is 2.28. The van der Waals surface area contributed by atoms with Crippen molar-refractivity contribution in [2.75, 3.05) is 32.2 Å². The van der Waals surface area contributed by atoms with Crippen LogP contribution in [0.4, 0.5) is 5.69 Å². The molecular formula is C13H16ClNO5S. The summed E-state index contributed by atoms with van der Waals surface area (Å²) >= 11 is 0. The quantitative estimate of drug-likeness (QED) is 0.616. The number of rotatable bonds is 4. The average molecular weight is 334 g/mol. The zero-order valence-corrected chi connectivity index (χ0v) is 13.3. The number of ether oxygens (including phenoxy) is 2. The fraction of sp³-hybridized carbons (Fsp3) is 0.462. The molecule has 0 radical (unpaired) electrons. The van der Waals surface area contributed by atoms with Crippen molar-refractivity contribution < 1.29 is 22.7 Å². The molecule has 1 unspecified atom stereocenters. The second-order valence-electron chi connectivity index (χ2n) is 4.91. The van der Waals surface area contributed by atoms with E-state index in [1.165, 1.54) is 18.2 Å². The van der Waals surface area contributed by atoms with Crippen molar-refractivity contribution in [3.63, 3.8) is 0 Å². The van der Waals surface area contributed by atoms with E-state index in [1.54, 1.807) is 19.0 Å². The van der Waals surface area contributed by atoms with E-state index < -0.39 is 15.0 Å². The Kier molecular flexibility index (Phi) is 4.75. The maximum atomic E-state index is 12.0. The number of halogens is 1. The van der Waals surface area contributed by atoms with Crippen LogP contribution in [0, 0.1) is 0 Å². The lowest BCUT2D eigenvalue weighted by Gasteiger charge is -2.17. The Balaban J connectivity index is 2.30. The first-order chi connectivity index (χ1) is 9.79. The zero-order chi connectivity index (χ0) is 15.6. The smallest absolute Gasteiger partial charge is 0.338 e. The van der Waals surface area contributed by atoms with Crippen molar-refractivity contribution in [2.24, 2.45) is 0 Å². The molecule has 0 saturated carbocycles. The SMILES string of the molecule is CN(C)c1ccc(C(=O)OC2CCOC2)cc1S(=O)(=O)Cl. The van der Waals surface area contributed by atoms with E-state index in [0.29, 0.717) is 25.3 Å². The average Bonchev–Trinajstić information content (AvgIpc) is 2.89. The van der Waals surface area contributed by atoms with Crippen LogP contribution < -0.4 is 4.90 Å². The summed E-state index contributed by atoms with van der Waals surface area (Å²) < 4.78 is 33.7. The van der Waals surface area contributed by atoms with E-state index in [0.717, 1.165) is 0 Å². The van der Waals surface area contributed by atoms with E-state index in [4.69, 9.17) is 20.2 Å². The molecule has 6 nitrogen and oxygen atoms in total. The van der Waals surface area contributed by atoms with Crippen LogP contribution in [0.15, 0.2) is 23.1 Å². The van der Waals surface area contributed by atoms with E-state index in [-0.39, 0.29) is 16.6 Å². The van der Waals surface area contributed by atoms with Gasteiger partial charge in [-0.3, -0.25) is 0 Å². The number of hydrogen-bond acceptors (Lipinski definition) is 6. The highest BCUT2D eigenvalue weighted by Gasteiger charge is 2.24. The van der Waals surface area contributed by atoms with Crippen LogP contribution in [0.1, 0.15) is 16.8 Å². The first-order valence-electron chi connectivity index (χ1n) is 6.34. The number of esters is 1. The Hall–Kier alpha value is -1.31. The summed E-state index contributed by atoms with van der Waals surface area (Å²) in [5.74, 6) is -0.586. The van der Waals surface area contributed by atoms with E-state index in [9.17, 15) is 13.2 Å². The fourth-order valence-electron chi connectivity index (χ4n) is 2.03. The summed E-state index contributed by atoms with van der Waals surface area (Å²) in [6.45, 7) is 0.918. The molecular weight excluding hydrogens is 318 g/mol. The fourth-order valence-corrected chi connectivity index (χ4v) is 3.17. The van der Waals surface area contributed by atoms with Crippen molar-refractivity contribution in [3.8, 4) is 0 Å². The van der Waals surface area contributed by atoms with Crippen molar-refractivity contribution in [3.05, 3.63) is 23.8 Å². The molecule has 1 aliphatic rings. The molecule has 0 N–H and O–H groups in total. The topological polar surface area (TPSA) is 72.9 Å². The molecule has 0 aliphatic carbocycles. The second-order valence-corrected chi connectivity index (χ2v) is 7.44. The van der Waals surface area contributed by atoms with Gasteiger partial charge >= 0.3 is 5.97 Å². The molecule has 1 aromatic carbocycles. The van der Waals surface area contributed by atoms with Gasteiger partial charge in [0.2, 0.25) is 0 Å². The van der Waals surface area contributed by atoms with Crippen LogP contribution in [0.25, 0.3) is 0 Å². The van der Waals surface area contributed by atoms with Gasteiger partial charge in [0.25, 0.3) is 9.05 Å². The maximum absolute atomic E-state index is 12.0. The van der Waals surface area contributed by atoms with Gasteiger partial charge in [0, 0.05) is 31.2 Å². The highest BCUT2D eigenvalue weighted by atomic mass is 35.7. The van der Waals surface area contributed by atoms with Gasteiger partial charge in [-0.25, -0.2) is 13.2 Å². The first-order valence-corrected chi connectivity index (χ1v) is 8.64. The third kappa shape index (κ3) is 3.87. The lowest BCUT2D eigenvalue weighted by molar-refractivity contribution is 0.0270. The molecule has 0 spiro atoms. The lowest BCUT2D eigenvalue weighted by Crippen LogP contribution is -2.19. The van der Waals surface area contributed by atoms with Gasteiger partial charge in [0.05, 0.1) is 24.5 Å². The van der Waals surface area contributed by atoms with Crippen molar-refractivity contribution in [1.29, 1.82) is 0 Å². The summed E-state index contributed by atoms with van der Waals surface area (Å²) in [6.07, 6.45) is 0.351. The van der Waals surface area contributed by atoms with Gasteiger partial charge in [0.1, 0.15) is 11.0 Å². The third-order valence-electron chi connectivity index (χ3n) is 3.10. The number of carbonyl (C=O) groups excluding carboxylic acids is 1. The predicted molar refractivity (Wildman–Crippen MR) is 78.4 cm³/mol. The summed E-state index contributed by atoms with van der Waals surface area (Å²) in [5, 5.41) is 0. The van der Waals surface area contributed by atoms with Gasteiger partial charge in [0.15, 0.2) is 0 Å². The molecule has 116 valence electrons. The van der Waals surface area contributed by atoms with Crippen LogP contribution in [0.2, 0.25) is 0 Å². The monoisotopic (exact) mass is 333 g/mol. The summed E-state index contributed by atoms with van der Waals surface area (Å²) in [5.41, 5.74) is 0.553. The zero-order valence-electron chi connectivity index (χ0n) is 11.7.